The van der Waals surface area contributed by atoms with Gasteiger partial charge in [-0.15, -0.1) is 0 Å². The van der Waals surface area contributed by atoms with Crippen LogP contribution in [-0.4, -0.2) is 0 Å². The Kier molecular flexibility index (Phi) is 3.60. The van der Waals surface area contributed by atoms with Crippen LogP contribution in [-0.2, 0) is 0 Å². The minimum atomic E-state index is 0.525. The summed E-state index contributed by atoms with van der Waals surface area (Å²) in [5.74, 6) is 1.38. The second-order valence-corrected chi connectivity index (χ2v) is 5.05. The van der Waals surface area contributed by atoms with E-state index in [1.807, 2.05) is 25.1 Å². The molecular weight excluding hydrogens is 302 g/mol. The molecule has 2 nitrogen and oxygen atoms in total. The third kappa shape index (κ3) is 2.93. The van der Waals surface area contributed by atoms with Crippen LogP contribution in [0.2, 0.25) is 5.02 Å². The molecule has 0 aromatic heterocycles. The van der Waals surface area contributed by atoms with Crippen LogP contribution in [0.3, 0.4) is 0 Å². The average molecular weight is 313 g/mol. The van der Waals surface area contributed by atoms with E-state index in [-0.39, 0.29) is 0 Å². The number of hydrogen-bond donors (Lipinski definition) is 1. The number of nitrogen functional groups attached to an aromatic ring is 1. The molecule has 2 aromatic rings. The van der Waals surface area contributed by atoms with Crippen molar-refractivity contribution < 1.29 is 4.74 Å². The van der Waals surface area contributed by atoms with Crippen molar-refractivity contribution in [3.8, 4) is 11.5 Å². The number of anilines is 1. The van der Waals surface area contributed by atoms with E-state index in [1.165, 1.54) is 0 Å². The van der Waals surface area contributed by atoms with Gasteiger partial charge >= 0.3 is 0 Å². The SMILES string of the molecule is Cc1ccc(Br)cc1Oc1ccc(Cl)cc1N. The standard InChI is InChI=1S/C13H11BrClNO/c1-8-2-3-9(14)6-13(8)17-12-5-4-10(15)7-11(12)16/h2-7H,16H2,1H3. The molecule has 0 atom stereocenters. The number of nitrogens with two attached hydrogens (primary N) is 1. The largest absolute Gasteiger partial charge is 0.455 e. The fourth-order valence-electron chi connectivity index (χ4n) is 1.41. The Morgan fingerprint density at radius 3 is 2.59 bits per heavy atom. The Bertz CT molecular complexity index is 557. The van der Waals surface area contributed by atoms with Gasteiger partial charge in [-0.3, -0.25) is 0 Å². The first kappa shape index (κ1) is 12.3. The maximum absolute atomic E-state index is 5.84. The van der Waals surface area contributed by atoms with E-state index in [9.17, 15) is 0 Å². The van der Waals surface area contributed by atoms with Crippen molar-refractivity contribution in [2.45, 2.75) is 6.92 Å². The van der Waals surface area contributed by atoms with E-state index < -0.39 is 0 Å². The number of benzene rings is 2. The van der Waals surface area contributed by atoms with Gasteiger partial charge in [-0.1, -0.05) is 33.6 Å². The fraction of sp³-hybridized carbons (Fsp3) is 0.0769. The molecule has 0 aliphatic carbocycles. The quantitative estimate of drug-likeness (QED) is 0.810. The number of hydrogen-bond acceptors (Lipinski definition) is 2. The summed E-state index contributed by atoms with van der Waals surface area (Å²) in [6, 6.07) is 11.0. The number of rotatable bonds is 2. The van der Waals surface area contributed by atoms with E-state index in [1.54, 1.807) is 18.2 Å². The van der Waals surface area contributed by atoms with Gasteiger partial charge in [-0.05, 0) is 42.8 Å². The van der Waals surface area contributed by atoms with Gasteiger partial charge < -0.3 is 10.5 Å². The van der Waals surface area contributed by atoms with E-state index in [0.717, 1.165) is 15.8 Å². The molecule has 2 N–H and O–H groups in total. The van der Waals surface area contributed by atoms with E-state index >= 15 is 0 Å². The summed E-state index contributed by atoms with van der Waals surface area (Å²) in [5, 5.41) is 0.598. The van der Waals surface area contributed by atoms with Crippen molar-refractivity contribution in [3.63, 3.8) is 0 Å². The van der Waals surface area contributed by atoms with Crippen molar-refractivity contribution in [2.24, 2.45) is 0 Å². The monoisotopic (exact) mass is 311 g/mol. The molecule has 0 unspecified atom stereocenters. The molecule has 0 radical (unpaired) electrons. The molecule has 0 saturated carbocycles. The molecule has 0 aliphatic heterocycles. The Labute approximate surface area is 113 Å². The maximum Gasteiger partial charge on any atom is 0.150 e. The number of ether oxygens (including phenoxy) is 1. The normalized spacial score (nSPS) is 10.3. The summed E-state index contributed by atoms with van der Waals surface area (Å²) < 4.78 is 6.73. The molecule has 0 saturated heterocycles. The van der Waals surface area contributed by atoms with Gasteiger partial charge in [-0.25, -0.2) is 0 Å². The molecule has 0 aliphatic rings. The second-order valence-electron chi connectivity index (χ2n) is 3.69. The molecular formula is C13H11BrClNO. The van der Waals surface area contributed by atoms with Crippen LogP contribution in [0.5, 0.6) is 11.5 Å². The summed E-state index contributed by atoms with van der Waals surface area (Å²) >= 11 is 9.24. The molecule has 2 rings (SSSR count). The molecule has 2 aromatic carbocycles. The number of aryl methyl sites for hydroxylation is 1. The summed E-state index contributed by atoms with van der Waals surface area (Å²) in [5.41, 5.74) is 7.41. The lowest BCUT2D eigenvalue weighted by Crippen LogP contribution is -1.93. The molecule has 0 amide bonds. The van der Waals surface area contributed by atoms with Gasteiger partial charge in [0, 0.05) is 9.50 Å². The molecule has 0 heterocycles. The van der Waals surface area contributed by atoms with Crippen molar-refractivity contribution in [1.82, 2.24) is 0 Å². The number of halogens is 2. The van der Waals surface area contributed by atoms with Gasteiger partial charge in [0.15, 0.2) is 0 Å². The lowest BCUT2D eigenvalue weighted by Gasteiger charge is -2.11. The zero-order valence-electron chi connectivity index (χ0n) is 9.21. The summed E-state index contributed by atoms with van der Waals surface area (Å²) in [6.07, 6.45) is 0. The summed E-state index contributed by atoms with van der Waals surface area (Å²) in [4.78, 5) is 0. The highest BCUT2D eigenvalue weighted by Gasteiger charge is 2.05. The van der Waals surface area contributed by atoms with Gasteiger partial charge in [0.25, 0.3) is 0 Å². The topological polar surface area (TPSA) is 35.2 Å². The Morgan fingerprint density at radius 1 is 1.12 bits per heavy atom. The van der Waals surface area contributed by atoms with Crippen LogP contribution in [0.1, 0.15) is 5.56 Å². The van der Waals surface area contributed by atoms with Crippen LogP contribution in [0.4, 0.5) is 5.69 Å². The van der Waals surface area contributed by atoms with Gasteiger partial charge in [0.05, 0.1) is 5.69 Å². The van der Waals surface area contributed by atoms with Crippen molar-refractivity contribution >= 4 is 33.2 Å². The minimum Gasteiger partial charge on any atom is -0.455 e. The Morgan fingerprint density at radius 2 is 1.88 bits per heavy atom. The van der Waals surface area contributed by atoms with E-state index in [2.05, 4.69) is 15.9 Å². The fourth-order valence-corrected chi connectivity index (χ4v) is 1.94. The van der Waals surface area contributed by atoms with Crippen molar-refractivity contribution in [2.75, 3.05) is 5.73 Å². The molecule has 88 valence electrons. The van der Waals surface area contributed by atoms with Crippen LogP contribution in [0, 0.1) is 6.92 Å². The van der Waals surface area contributed by atoms with E-state index in [0.29, 0.717) is 16.5 Å². The highest BCUT2D eigenvalue weighted by atomic mass is 79.9. The highest BCUT2D eigenvalue weighted by Crippen LogP contribution is 2.32. The first-order valence-corrected chi connectivity index (χ1v) is 6.22. The van der Waals surface area contributed by atoms with Gasteiger partial charge in [0.2, 0.25) is 0 Å². The highest BCUT2D eigenvalue weighted by molar-refractivity contribution is 9.10. The summed E-state index contributed by atoms with van der Waals surface area (Å²) in [6.45, 7) is 1.98. The molecule has 4 heteroatoms. The molecule has 0 spiro atoms. The zero-order chi connectivity index (χ0) is 12.4. The lowest BCUT2D eigenvalue weighted by atomic mass is 10.2. The first-order chi connectivity index (χ1) is 8.06. The predicted octanol–water partition coefficient (Wildman–Crippen LogP) is 4.79. The predicted molar refractivity (Wildman–Crippen MR) is 74.8 cm³/mol. The Balaban J connectivity index is 2.34. The zero-order valence-corrected chi connectivity index (χ0v) is 11.5. The van der Waals surface area contributed by atoms with Crippen LogP contribution < -0.4 is 10.5 Å². The third-order valence-corrected chi connectivity index (χ3v) is 3.07. The van der Waals surface area contributed by atoms with E-state index in [4.69, 9.17) is 22.1 Å². The molecule has 17 heavy (non-hydrogen) atoms. The van der Waals surface area contributed by atoms with Crippen molar-refractivity contribution in [3.05, 3.63) is 51.5 Å². The lowest BCUT2D eigenvalue weighted by molar-refractivity contribution is 0.481. The Hall–Kier alpha value is -1.19. The van der Waals surface area contributed by atoms with Crippen molar-refractivity contribution in [1.29, 1.82) is 0 Å². The summed E-state index contributed by atoms with van der Waals surface area (Å²) in [7, 11) is 0. The van der Waals surface area contributed by atoms with Crippen LogP contribution in [0.25, 0.3) is 0 Å². The van der Waals surface area contributed by atoms with Crippen LogP contribution in [0.15, 0.2) is 40.9 Å². The van der Waals surface area contributed by atoms with Crippen LogP contribution >= 0.6 is 27.5 Å². The maximum atomic E-state index is 5.84. The van der Waals surface area contributed by atoms with Gasteiger partial charge in [-0.2, -0.15) is 0 Å². The third-order valence-electron chi connectivity index (χ3n) is 2.34. The smallest absolute Gasteiger partial charge is 0.150 e. The van der Waals surface area contributed by atoms with Gasteiger partial charge in [0.1, 0.15) is 11.5 Å². The second kappa shape index (κ2) is 4.98. The molecule has 0 bridgehead atoms. The average Bonchev–Trinajstić information content (AvgIpc) is 2.27. The first-order valence-electron chi connectivity index (χ1n) is 5.05. The minimum absolute atomic E-state index is 0.525. The molecule has 0 fully saturated rings.